The lowest BCUT2D eigenvalue weighted by Crippen LogP contribution is -2.15. The third-order valence-electron chi connectivity index (χ3n) is 2.80. The van der Waals surface area contributed by atoms with E-state index in [1.807, 2.05) is 0 Å². The summed E-state index contributed by atoms with van der Waals surface area (Å²) in [6.45, 7) is 0. The molecule has 0 aliphatic rings. The first-order chi connectivity index (χ1) is 9.99. The van der Waals surface area contributed by atoms with Crippen LogP contribution >= 0.6 is 23.2 Å². The average Bonchev–Trinajstić information content (AvgIpc) is 2.44. The van der Waals surface area contributed by atoms with Crippen LogP contribution in [0.3, 0.4) is 0 Å². The summed E-state index contributed by atoms with van der Waals surface area (Å²) in [6, 6.07) is 8.80. The molecule has 0 saturated heterocycles. The second kappa shape index (κ2) is 6.78. The number of carbonyl (C=O) groups excluding carboxylic acids is 1. The summed E-state index contributed by atoms with van der Waals surface area (Å²) in [4.78, 5) is 12.0. The van der Waals surface area contributed by atoms with Gasteiger partial charge in [0.25, 0.3) is 0 Å². The molecule has 0 spiro atoms. The maximum Gasteiger partial charge on any atom is 0.228 e. The van der Waals surface area contributed by atoms with Gasteiger partial charge in [-0.2, -0.15) is 0 Å². The highest BCUT2D eigenvalue weighted by molar-refractivity contribution is 6.35. The number of benzene rings is 2. The molecule has 0 fully saturated rings. The summed E-state index contributed by atoms with van der Waals surface area (Å²) in [6.07, 6.45) is 0.0799. The first-order valence-corrected chi connectivity index (χ1v) is 6.82. The van der Waals surface area contributed by atoms with Crippen LogP contribution in [-0.2, 0) is 11.2 Å². The molecule has 1 N–H and O–H groups in total. The zero-order chi connectivity index (χ0) is 15.4. The van der Waals surface area contributed by atoms with E-state index in [-0.39, 0.29) is 18.1 Å². The molecule has 0 aliphatic carbocycles. The van der Waals surface area contributed by atoms with Crippen molar-refractivity contribution in [1.82, 2.24) is 0 Å². The third kappa shape index (κ3) is 4.09. The molecule has 2 aromatic carbocycles. The molecule has 0 aromatic heterocycles. The third-order valence-corrected chi connectivity index (χ3v) is 3.39. The topological polar surface area (TPSA) is 38.3 Å². The Hall–Kier alpha value is -1.78. The lowest BCUT2D eigenvalue weighted by molar-refractivity contribution is -0.115. The summed E-state index contributed by atoms with van der Waals surface area (Å²) >= 11 is 11.8. The minimum absolute atomic E-state index is 0.0799. The smallest absolute Gasteiger partial charge is 0.228 e. The van der Waals surface area contributed by atoms with E-state index in [2.05, 4.69) is 5.32 Å². The molecule has 1 amide bonds. The van der Waals surface area contributed by atoms with Gasteiger partial charge in [0.2, 0.25) is 5.91 Å². The Morgan fingerprint density at radius 3 is 2.67 bits per heavy atom. The van der Waals surface area contributed by atoms with Gasteiger partial charge in [-0.15, -0.1) is 0 Å². The van der Waals surface area contributed by atoms with Crippen molar-refractivity contribution in [1.29, 1.82) is 0 Å². The van der Waals surface area contributed by atoms with Crippen LogP contribution in [-0.4, -0.2) is 13.0 Å². The molecule has 0 heterocycles. The zero-order valence-electron chi connectivity index (χ0n) is 11.1. The lowest BCUT2D eigenvalue weighted by Gasteiger charge is -2.10. The molecule has 0 aliphatic heterocycles. The second-order valence-corrected chi connectivity index (χ2v) is 5.15. The minimum atomic E-state index is -0.439. The predicted octanol–water partition coefficient (Wildman–Crippen LogP) is 4.32. The summed E-state index contributed by atoms with van der Waals surface area (Å²) in [5.74, 6) is -0.472. The van der Waals surface area contributed by atoms with E-state index < -0.39 is 5.82 Å². The van der Waals surface area contributed by atoms with Crippen LogP contribution in [0.2, 0.25) is 10.0 Å². The van der Waals surface area contributed by atoms with Crippen molar-refractivity contribution >= 4 is 34.8 Å². The molecule has 0 atom stereocenters. The van der Waals surface area contributed by atoms with Crippen molar-refractivity contribution in [2.24, 2.45) is 0 Å². The van der Waals surface area contributed by atoms with Gasteiger partial charge in [-0.3, -0.25) is 4.79 Å². The summed E-state index contributed by atoms with van der Waals surface area (Å²) in [5, 5.41) is 3.58. The van der Waals surface area contributed by atoms with E-state index >= 15 is 0 Å². The van der Waals surface area contributed by atoms with Crippen molar-refractivity contribution < 1.29 is 13.9 Å². The number of amides is 1. The summed E-state index contributed by atoms with van der Waals surface area (Å²) in [5.41, 5.74) is 1.05. The van der Waals surface area contributed by atoms with Gasteiger partial charge in [0.15, 0.2) is 0 Å². The monoisotopic (exact) mass is 327 g/mol. The normalized spacial score (nSPS) is 10.3. The van der Waals surface area contributed by atoms with Gasteiger partial charge < -0.3 is 10.1 Å². The van der Waals surface area contributed by atoms with Gasteiger partial charge in [0.1, 0.15) is 11.6 Å². The van der Waals surface area contributed by atoms with E-state index in [1.165, 1.54) is 25.3 Å². The number of rotatable bonds is 4. The van der Waals surface area contributed by atoms with Crippen LogP contribution < -0.4 is 10.1 Å². The van der Waals surface area contributed by atoms with Gasteiger partial charge >= 0.3 is 0 Å². The highest BCUT2D eigenvalue weighted by atomic mass is 35.5. The van der Waals surface area contributed by atoms with E-state index in [1.54, 1.807) is 18.2 Å². The van der Waals surface area contributed by atoms with Gasteiger partial charge in [-0.05, 0) is 29.8 Å². The van der Waals surface area contributed by atoms with Crippen LogP contribution in [0.1, 0.15) is 5.56 Å². The maximum absolute atomic E-state index is 13.1. The Kier molecular flexibility index (Phi) is 5.04. The molecule has 0 bridgehead atoms. The van der Waals surface area contributed by atoms with Crippen LogP contribution in [0.5, 0.6) is 5.75 Å². The number of hydrogen-bond donors (Lipinski definition) is 1. The van der Waals surface area contributed by atoms with Crippen molar-refractivity contribution in [3.8, 4) is 5.75 Å². The van der Waals surface area contributed by atoms with Crippen LogP contribution in [0.4, 0.5) is 10.1 Å². The molecule has 2 aromatic rings. The van der Waals surface area contributed by atoms with Crippen LogP contribution in [0, 0.1) is 5.82 Å². The van der Waals surface area contributed by atoms with Crippen molar-refractivity contribution in [3.63, 3.8) is 0 Å². The lowest BCUT2D eigenvalue weighted by atomic mass is 10.1. The molecule has 0 radical (unpaired) electrons. The van der Waals surface area contributed by atoms with Crippen molar-refractivity contribution in [2.45, 2.75) is 6.42 Å². The Morgan fingerprint density at radius 1 is 1.24 bits per heavy atom. The van der Waals surface area contributed by atoms with Gasteiger partial charge in [0.05, 0.1) is 19.2 Å². The Bertz CT molecular complexity index is 677. The molecule has 6 heteroatoms. The van der Waals surface area contributed by atoms with E-state index in [0.717, 1.165) is 0 Å². The van der Waals surface area contributed by atoms with Crippen molar-refractivity contribution in [2.75, 3.05) is 12.4 Å². The summed E-state index contributed by atoms with van der Waals surface area (Å²) in [7, 11) is 1.40. The minimum Gasteiger partial charge on any atom is -0.494 e. The van der Waals surface area contributed by atoms with E-state index in [9.17, 15) is 9.18 Å². The fourth-order valence-electron chi connectivity index (χ4n) is 1.80. The highest BCUT2D eigenvalue weighted by Crippen LogP contribution is 2.26. The Morgan fingerprint density at radius 2 is 2.00 bits per heavy atom. The SMILES string of the molecule is COc1cc(F)ccc1NC(=O)Cc1ccc(Cl)cc1Cl. The number of hydrogen-bond acceptors (Lipinski definition) is 2. The van der Waals surface area contributed by atoms with Gasteiger partial charge in [-0.25, -0.2) is 4.39 Å². The molecule has 110 valence electrons. The number of anilines is 1. The van der Waals surface area contributed by atoms with E-state index in [4.69, 9.17) is 27.9 Å². The molecule has 21 heavy (non-hydrogen) atoms. The fraction of sp³-hybridized carbons (Fsp3) is 0.133. The van der Waals surface area contributed by atoms with Crippen LogP contribution in [0.15, 0.2) is 36.4 Å². The number of carbonyl (C=O) groups is 1. The number of nitrogens with one attached hydrogen (secondary N) is 1. The predicted molar refractivity (Wildman–Crippen MR) is 81.7 cm³/mol. The molecular weight excluding hydrogens is 316 g/mol. The standard InChI is InChI=1S/C15H12Cl2FNO2/c1-21-14-8-11(18)4-5-13(14)19-15(20)6-9-2-3-10(16)7-12(9)17/h2-5,7-8H,6H2,1H3,(H,19,20). The zero-order valence-corrected chi connectivity index (χ0v) is 12.6. The first-order valence-electron chi connectivity index (χ1n) is 6.07. The quantitative estimate of drug-likeness (QED) is 0.908. The van der Waals surface area contributed by atoms with Gasteiger partial charge in [-0.1, -0.05) is 29.3 Å². The average molecular weight is 328 g/mol. The van der Waals surface area contributed by atoms with Crippen molar-refractivity contribution in [3.05, 3.63) is 57.8 Å². The fourth-order valence-corrected chi connectivity index (χ4v) is 2.28. The number of ether oxygens (including phenoxy) is 1. The van der Waals surface area contributed by atoms with Crippen LogP contribution in [0.25, 0.3) is 0 Å². The number of halogens is 3. The first kappa shape index (κ1) is 15.6. The summed E-state index contributed by atoms with van der Waals surface area (Å²) < 4.78 is 18.1. The Labute approximate surface area is 131 Å². The van der Waals surface area contributed by atoms with Gasteiger partial charge in [0, 0.05) is 16.1 Å². The molecule has 3 nitrogen and oxygen atoms in total. The maximum atomic E-state index is 13.1. The highest BCUT2D eigenvalue weighted by Gasteiger charge is 2.11. The molecule has 0 unspecified atom stereocenters. The van der Waals surface area contributed by atoms with E-state index in [0.29, 0.717) is 21.3 Å². The number of methoxy groups -OCH3 is 1. The largest absolute Gasteiger partial charge is 0.494 e. The molecule has 2 rings (SSSR count). The molecule has 0 saturated carbocycles. The Balaban J connectivity index is 2.11. The molecular formula is C15H12Cl2FNO2. The second-order valence-electron chi connectivity index (χ2n) is 4.31.